The maximum atomic E-state index is 10.8. The Hall–Kier alpha value is -1.75. The third-order valence-corrected chi connectivity index (χ3v) is 3.21. The highest BCUT2D eigenvalue weighted by atomic mass is 79.9. The predicted octanol–water partition coefficient (Wildman–Crippen LogP) is 3.38. The number of halogens is 1. The lowest BCUT2D eigenvalue weighted by Crippen LogP contribution is -2.16. The average Bonchev–Trinajstić information content (AvgIpc) is 2.81. The van der Waals surface area contributed by atoms with E-state index in [2.05, 4.69) is 15.9 Å². The molecule has 0 atom stereocenters. The van der Waals surface area contributed by atoms with Gasteiger partial charge in [-0.1, -0.05) is 0 Å². The smallest absolute Gasteiger partial charge is 0.335 e. The van der Waals surface area contributed by atoms with Gasteiger partial charge in [-0.05, 0) is 46.3 Å². The summed E-state index contributed by atoms with van der Waals surface area (Å²) in [6.07, 6.45) is 1.63. The molecule has 0 saturated carbocycles. The molecule has 0 aliphatic heterocycles. The monoisotopic (exact) mass is 309 g/mol. The van der Waals surface area contributed by atoms with Crippen molar-refractivity contribution in [1.82, 2.24) is 0 Å². The van der Waals surface area contributed by atoms with E-state index in [9.17, 15) is 4.79 Å². The summed E-state index contributed by atoms with van der Waals surface area (Å²) in [6, 6.07) is 8.69. The largest absolute Gasteiger partial charge is 0.478 e. The van der Waals surface area contributed by atoms with Gasteiger partial charge in [0, 0.05) is 11.5 Å². The van der Waals surface area contributed by atoms with Crippen molar-refractivity contribution in [3.05, 3.63) is 52.4 Å². The highest BCUT2D eigenvalue weighted by Crippen LogP contribution is 2.27. The van der Waals surface area contributed by atoms with Crippen LogP contribution in [0.5, 0.6) is 0 Å². The zero-order valence-corrected chi connectivity index (χ0v) is 11.3. The number of rotatable bonds is 4. The van der Waals surface area contributed by atoms with E-state index in [0.29, 0.717) is 6.54 Å². The summed E-state index contributed by atoms with van der Waals surface area (Å²) in [5.41, 5.74) is 1.17. The third-order valence-electron chi connectivity index (χ3n) is 2.58. The van der Waals surface area contributed by atoms with Crippen LogP contribution in [0.15, 0.2) is 45.5 Å². The molecule has 0 fully saturated rings. The summed E-state index contributed by atoms with van der Waals surface area (Å²) in [7, 11) is 1.92. The minimum atomic E-state index is -0.934. The first kappa shape index (κ1) is 12.7. The zero-order chi connectivity index (χ0) is 13.1. The number of anilines is 1. The van der Waals surface area contributed by atoms with Crippen molar-refractivity contribution in [2.24, 2.45) is 0 Å². The van der Waals surface area contributed by atoms with E-state index in [4.69, 9.17) is 9.52 Å². The molecular formula is C13H12BrNO3. The number of carboxylic acids is 1. The van der Waals surface area contributed by atoms with Crippen molar-refractivity contribution in [1.29, 1.82) is 0 Å². The number of aromatic carboxylic acids is 1. The maximum absolute atomic E-state index is 10.8. The second-order valence-corrected chi connectivity index (χ2v) is 4.76. The van der Waals surface area contributed by atoms with Gasteiger partial charge in [0.15, 0.2) is 0 Å². The lowest BCUT2D eigenvalue weighted by molar-refractivity contribution is 0.0697. The van der Waals surface area contributed by atoms with Crippen LogP contribution in [0, 0.1) is 0 Å². The molecule has 1 aromatic carbocycles. The highest BCUT2D eigenvalue weighted by molar-refractivity contribution is 9.10. The van der Waals surface area contributed by atoms with Crippen LogP contribution in [0.2, 0.25) is 0 Å². The Morgan fingerprint density at radius 3 is 2.78 bits per heavy atom. The second-order valence-electron chi connectivity index (χ2n) is 3.91. The topological polar surface area (TPSA) is 53.7 Å². The number of nitrogens with zero attached hydrogens (tertiary/aromatic N) is 1. The van der Waals surface area contributed by atoms with Crippen LogP contribution in [0.1, 0.15) is 16.1 Å². The number of hydrogen-bond acceptors (Lipinski definition) is 3. The van der Waals surface area contributed by atoms with Gasteiger partial charge in [0.2, 0.25) is 0 Å². The van der Waals surface area contributed by atoms with Crippen LogP contribution in [0.3, 0.4) is 0 Å². The molecule has 0 amide bonds. The fraction of sp³-hybridized carbons (Fsp3) is 0.154. The van der Waals surface area contributed by atoms with Gasteiger partial charge >= 0.3 is 5.97 Å². The maximum Gasteiger partial charge on any atom is 0.335 e. The molecule has 0 aliphatic rings. The normalized spacial score (nSPS) is 10.3. The summed E-state index contributed by atoms with van der Waals surface area (Å²) in [4.78, 5) is 12.8. The quantitative estimate of drug-likeness (QED) is 0.940. The van der Waals surface area contributed by atoms with Crippen LogP contribution >= 0.6 is 15.9 Å². The summed E-state index contributed by atoms with van der Waals surface area (Å²) in [6.45, 7) is 0.623. The number of carboxylic acid groups (broad SMARTS) is 1. The number of furan rings is 1. The van der Waals surface area contributed by atoms with E-state index in [1.54, 1.807) is 24.5 Å². The standard InChI is InChI=1S/C13H12BrNO3/c1-15(8-10-3-2-6-18-10)12-5-4-9(13(16)17)7-11(12)14/h2-7H,8H2,1H3,(H,16,17). The first-order valence-corrected chi connectivity index (χ1v) is 6.13. The molecule has 0 aliphatic carbocycles. The van der Waals surface area contributed by atoms with Gasteiger partial charge in [-0.3, -0.25) is 0 Å². The van der Waals surface area contributed by atoms with Gasteiger partial charge in [-0.25, -0.2) is 4.79 Å². The van der Waals surface area contributed by atoms with E-state index >= 15 is 0 Å². The summed E-state index contributed by atoms with van der Waals surface area (Å²) >= 11 is 3.38. The minimum absolute atomic E-state index is 0.261. The van der Waals surface area contributed by atoms with Crippen LogP contribution in [0.4, 0.5) is 5.69 Å². The first-order valence-electron chi connectivity index (χ1n) is 5.34. The summed E-state index contributed by atoms with van der Waals surface area (Å²) in [5.74, 6) is -0.0809. The van der Waals surface area contributed by atoms with Crippen molar-refractivity contribution in [3.8, 4) is 0 Å². The van der Waals surface area contributed by atoms with E-state index in [0.717, 1.165) is 15.9 Å². The molecule has 0 saturated heterocycles. The van der Waals surface area contributed by atoms with E-state index in [1.807, 2.05) is 24.1 Å². The third kappa shape index (κ3) is 2.73. The molecule has 4 nitrogen and oxygen atoms in total. The van der Waals surface area contributed by atoms with Gasteiger partial charge in [-0.2, -0.15) is 0 Å². The number of hydrogen-bond donors (Lipinski definition) is 1. The molecular weight excluding hydrogens is 298 g/mol. The second kappa shape index (κ2) is 5.27. The van der Waals surface area contributed by atoms with E-state index in [1.165, 1.54) is 0 Å². The highest BCUT2D eigenvalue weighted by Gasteiger charge is 2.11. The molecule has 0 bridgehead atoms. The van der Waals surface area contributed by atoms with Crippen molar-refractivity contribution in [2.75, 3.05) is 11.9 Å². The summed E-state index contributed by atoms with van der Waals surface area (Å²) < 4.78 is 6.02. The number of carbonyl (C=O) groups is 1. The van der Waals surface area contributed by atoms with Crippen molar-refractivity contribution >= 4 is 27.6 Å². The Kier molecular flexibility index (Phi) is 3.72. The molecule has 1 N–H and O–H groups in total. The predicted molar refractivity (Wildman–Crippen MR) is 71.9 cm³/mol. The first-order chi connectivity index (χ1) is 8.58. The van der Waals surface area contributed by atoms with Crippen molar-refractivity contribution < 1.29 is 14.3 Å². The molecule has 0 radical (unpaired) electrons. The van der Waals surface area contributed by atoms with E-state index < -0.39 is 5.97 Å². The van der Waals surface area contributed by atoms with Gasteiger partial charge in [0.25, 0.3) is 0 Å². The molecule has 0 spiro atoms. The fourth-order valence-electron chi connectivity index (χ4n) is 1.67. The Labute approximate surface area is 113 Å². The molecule has 2 aromatic rings. The minimum Gasteiger partial charge on any atom is -0.478 e. The lowest BCUT2D eigenvalue weighted by atomic mass is 10.2. The zero-order valence-electron chi connectivity index (χ0n) is 9.76. The molecule has 1 heterocycles. The molecule has 18 heavy (non-hydrogen) atoms. The van der Waals surface area contributed by atoms with Gasteiger partial charge in [0.05, 0.1) is 24.1 Å². The molecule has 94 valence electrons. The van der Waals surface area contributed by atoms with Gasteiger partial charge in [-0.15, -0.1) is 0 Å². The van der Waals surface area contributed by atoms with Crippen molar-refractivity contribution in [3.63, 3.8) is 0 Å². The Balaban J connectivity index is 2.20. The number of benzene rings is 1. The Morgan fingerprint density at radius 1 is 1.44 bits per heavy atom. The Bertz CT molecular complexity index is 551. The van der Waals surface area contributed by atoms with Crippen LogP contribution in [-0.4, -0.2) is 18.1 Å². The van der Waals surface area contributed by atoms with Gasteiger partial charge < -0.3 is 14.4 Å². The average molecular weight is 310 g/mol. The van der Waals surface area contributed by atoms with Gasteiger partial charge in [0.1, 0.15) is 5.76 Å². The lowest BCUT2D eigenvalue weighted by Gasteiger charge is -2.19. The molecule has 1 aromatic heterocycles. The molecule has 5 heteroatoms. The van der Waals surface area contributed by atoms with Crippen LogP contribution < -0.4 is 4.90 Å². The van der Waals surface area contributed by atoms with Crippen LogP contribution in [0.25, 0.3) is 0 Å². The van der Waals surface area contributed by atoms with E-state index in [-0.39, 0.29) is 5.56 Å². The SMILES string of the molecule is CN(Cc1ccco1)c1ccc(C(=O)O)cc1Br. The fourth-order valence-corrected chi connectivity index (χ4v) is 2.35. The molecule has 2 rings (SSSR count). The Morgan fingerprint density at radius 2 is 2.22 bits per heavy atom. The molecule has 0 unspecified atom stereocenters. The van der Waals surface area contributed by atoms with Crippen molar-refractivity contribution in [2.45, 2.75) is 6.54 Å². The van der Waals surface area contributed by atoms with Crippen LogP contribution in [-0.2, 0) is 6.54 Å². The summed E-state index contributed by atoms with van der Waals surface area (Å²) in [5, 5.41) is 8.90.